The highest BCUT2D eigenvalue weighted by molar-refractivity contribution is 5.95. The van der Waals surface area contributed by atoms with Crippen LogP contribution >= 0.6 is 0 Å². The molecule has 0 radical (unpaired) electrons. The number of rotatable bonds is 11. The van der Waals surface area contributed by atoms with Gasteiger partial charge in [0.1, 0.15) is 0 Å². The van der Waals surface area contributed by atoms with Gasteiger partial charge in [0.15, 0.2) is 0 Å². The van der Waals surface area contributed by atoms with Gasteiger partial charge in [-0.15, -0.1) is 0 Å². The van der Waals surface area contributed by atoms with Gasteiger partial charge in [-0.25, -0.2) is 0 Å². The van der Waals surface area contributed by atoms with E-state index in [-0.39, 0.29) is 19.1 Å². The van der Waals surface area contributed by atoms with E-state index < -0.39 is 46.9 Å². The van der Waals surface area contributed by atoms with Crippen LogP contribution in [0.25, 0.3) is 10.8 Å². The zero-order valence-corrected chi connectivity index (χ0v) is 22.2. The van der Waals surface area contributed by atoms with E-state index >= 15 is 0 Å². The summed E-state index contributed by atoms with van der Waals surface area (Å²) in [5.74, 6) is -1.54. The van der Waals surface area contributed by atoms with Gasteiger partial charge >= 0.3 is 12.4 Å². The summed E-state index contributed by atoms with van der Waals surface area (Å²) in [5, 5.41) is 13.4. The van der Waals surface area contributed by atoms with E-state index in [9.17, 15) is 35.9 Å². The number of carbonyl (C=O) groups excluding carboxylic acids is 2. The van der Waals surface area contributed by atoms with Crippen LogP contribution in [-0.2, 0) is 23.6 Å². The number of aliphatic hydroxyl groups excluding tert-OH is 1. The SMILES string of the molecule is CN(C(=O)c1cc(C(F)(F)F)cc(C(F)(F)F)c1)C(C=CC(=O)NCCCCCO)Cc1ccc2ccccc2c1. The van der Waals surface area contributed by atoms with E-state index in [1.807, 2.05) is 36.4 Å². The first-order valence-electron chi connectivity index (χ1n) is 12.9. The van der Waals surface area contributed by atoms with Gasteiger partial charge in [-0.2, -0.15) is 26.3 Å². The van der Waals surface area contributed by atoms with Crippen molar-refractivity contribution in [2.24, 2.45) is 0 Å². The van der Waals surface area contributed by atoms with E-state index in [1.165, 1.54) is 19.2 Å². The molecule has 0 saturated heterocycles. The molecule has 220 valence electrons. The predicted molar refractivity (Wildman–Crippen MR) is 143 cm³/mol. The van der Waals surface area contributed by atoms with Crippen LogP contribution in [0, 0.1) is 0 Å². The van der Waals surface area contributed by atoms with Crippen molar-refractivity contribution in [1.29, 1.82) is 0 Å². The van der Waals surface area contributed by atoms with Gasteiger partial charge in [0.2, 0.25) is 5.91 Å². The Morgan fingerprint density at radius 3 is 2.12 bits per heavy atom. The number of aliphatic hydroxyl groups is 1. The van der Waals surface area contributed by atoms with Crippen molar-refractivity contribution in [3.05, 3.63) is 95.1 Å². The number of benzene rings is 3. The second kappa shape index (κ2) is 13.7. The van der Waals surface area contributed by atoms with E-state index in [1.54, 1.807) is 6.07 Å². The summed E-state index contributed by atoms with van der Waals surface area (Å²) in [6, 6.07) is 12.9. The van der Waals surface area contributed by atoms with Crippen molar-refractivity contribution in [2.75, 3.05) is 20.2 Å². The lowest BCUT2D eigenvalue weighted by atomic mass is 9.99. The van der Waals surface area contributed by atoms with Crippen molar-refractivity contribution in [2.45, 2.75) is 44.1 Å². The molecular weight excluding hydrogens is 550 g/mol. The monoisotopic (exact) mass is 580 g/mol. The number of fused-ring (bicyclic) bond motifs is 1. The first kappa shape index (κ1) is 31.7. The quantitative estimate of drug-likeness (QED) is 0.157. The Balaban J connectivity index is 1.92. The number of hydrogen-bond acceptors (Lipinski definition) is 3. The van der Waals surface area contributed by atoms with Gasteiger partial charge in [-0.1, -0.05) is 48.5 Å². The smallest absolute Gasteiger partial charge is 0.396 e. The third kappa shape index (κ3) is 9.07. The molecule has 0 saturated carbocycles. The minimum Gasteiger partial charge on any atom is -0.396 e. The summed E-state index contributed by atoms with van der Waals surface area (Å²) < 4.78 is 80.4. The second-order valence-electron chi connectivity index (χ2n) is 9.60. The van der Waals surface area contributed by atoms with Crippen molar-refractivity contribution in [1.82, 2.24) is 10.2 Å². The van der Waals surface area contributed by atoms with Crippen LogP contribution in [-0.4, -0.2) is 48.1 Å². The third-order valence-electron chi connectivity index (χ3n) is 6.52. The fraction of sp³-hybridized carbons (Fsp3) is 0.333. The minimum absolute atomic E-state index is 0.0336. The van der Waals surface area contributed by atoms with E-state index in [0.717, 1.165) is 21.2 Å². The predicted octanol–water partition coefficient (Wildman–Crippen LogP) is 6.40. The lowest BCUT2D eigenvalue weighted by Gasteiger charge is -2.27. The highest BCUT2D eigenvalue weighted by Gasteiger charge is 2.38. The number of likely N-dealkylation sites (N-methyl/N-ethyl adjacent to an activating group) is 1. The van der Waals surface area contributed by atoms with E-state index in [0.29, 0.717) is 37.9 Å². The molecule has 1 atom stereocenters. The van der Waals surface area contributed by atoms with Gasteiger partial charge in [-0.3, -0.25) is 9.59 Å². The number of nitrogens with one attached hydrogen (secondary N) is 1. The number of hydrogen-bond donors (Lipinski definition) is 2. The number of unbranched alkanes of at least 4 members (excludes halogenated alkanes) is 2. The first-order valence-corrected chi connectivity index (χ1v) is 12.9. The molecule has 0 fully saturated rings. The fourth-order valence-electron chi connectivity index (χ4n) is 4.26. The van der Waals surface area contributed by atoms with Crippen LogP contribution in [0.5, 0.6) is 0 Å². The molecule has 1 unspecified atom stereocenters. The minimum atomic E-state index is -5.10. The molecule has 3 aromatic carbocycles. The summed E-state index contributed by atoms with van der Waals surface area (Å²) in [4.78, 5) is 26.7. The van der Waals surface area contributed by atoms with Crippen LogP contribution in [0.2, 0.25) is 0 Å². The summed E-state index contributed by atoms with van der Waals surface area (Å²) in [7, 11) is 1.26. The van der Waals surface area contributed by atoms with Crippen LogP contribution in [0.15, 0.2) is 72.8 Å². The number of alkyl halides is 6. The highest BCUT2D eigenvalue weighted by Crippen LogP contribution is 2.36. The molecule has 0 bridgehead atoms. The van der Waals surface area contributed by atoms with Crippen molar-refractivity contribution in [3.8, 4) is 0 Å². The van der Waals surface area contributed by atoms with E-state index in [4.69, 9.17) is 5.11 Å². The van der Waals surface area contributed by atoms with E-state index in [2.05, 4.69) is 5.32 Å². The summed E-state index contributed by atoms with van der Waals surface area (Å²) in [6.45, 7) is 0.388. The summed E-state index contributed by atoms with van der Waals surface area (Å²) in [5.41, 5.74) is -3.22. The van der Waals surface area contributed by atoms with Gasteiger partial charge in [0, 0.05) is 31.8 Å². The van der Waals surface area contributed by atoms with Crippen molar-refractivity contribution >= 4 is 22.6 Å². The molecule has 2 N–H and O–H groups in total. The normalized spacial score (nSPS) is 13.0. The molecule has 41 heavy (non-hydrogen) atoms. The summed E-state index contributed by atoms with van der Waals surface area (Å²) in [6.07, 6.45) is -5.54. The molecule has 3 rings (SSSR count). The average Bonchev–Trinajstić information content (AvgIpc) is 2.93. The fourth-order valence-corrected chi connectivity index (χ4v) is 4.26. The number of halogens is 6. The van der Waals surface area contributed by atoms with Crippen LogP contribution in [0.1, 0.15) is 46.3 Å². The Hall–Kier alpha value is -3.86. The Kier molecular flexibility index (Phi) is 10.6. The molecule has 0 heterocycles. The first-order chi connectivity index (χ1) is 19.3. The maximum absolute atomic E-state index is 13.4. The third-order valence-corrected chi connectivity index (χ3v) is 6.52. The van der Waals surface area contributed by atoms with Gasteiger partial charge in [0.05, 0.1) is 17.2 Å². The van der Waals surface area contributed by atoms with Crippen molar-refractivity contribution in [3.63, 3.8) is 0 Å². The number of carbonyl (C=O) groups is 2. The maximum atomic E-state index is 13.4. The number of nitrogens with zero attached hydrogens (tertiary/aromatic N) is 1. The Morgan fingerprint density at radius 2 is 1.51 bits per heavy atom. The average molecular weight is 581 g/mol. The molecule has 0 spiro atoms. The molecule has 0 aliphatic rings. The zero-order valence-electron chi connectivity index (χ0n) is 22.2. The Morgan fingerprint density at radius 1 is 0.878 bits per heavy atom. The van der Waals surface area contributed by atoms with Crippen LogP contribution in [0.4, 0.5) is 26.3 Å². The van der Waals surface area contributed by atoms with Gasteiger partial charge in [-0.05, 0) is 60.2 Å². The molecule has 2 amide bonds. The molecule has 0 aliphatic heterocycles. The molecule has 0 aromatic heterocycles. The maximum Gasteiger partial charge on any atom is 0.416 e. The number of amides is 2. The lowest BCUT2D eigenvalue weighted by Crippen LogP contribution is -2.38. The second-order valence-corrected chi connectivity index (χ2v) is 9.60. The Labute approximate surface area is 233 Å². The van der Waals surface area contributed by atoms with Gasteiger partial charge in [0.25, 0.3) is 5.91 Å². The molecule has 5 nitrogen and oxygen atoms in total. The topological polar surface area (TPSA) is 69.6 Å². The van der Waals surface area contributed by atoms with Crippen molar-refractivity contribution < 1.29 is 41.0 Å². The Bertz CT molecular complexity index is 1350. The van der Waals surface area contributed by atoms with Gasteiger partial charge < -0.3 is 15.3 Å². The standard InChI is InChI=1S/C30H30F6N2O3/c1-38(28(41)23-17-24(29(31,32)33)19-25(18-23)30(34,35)36)26(11-12-27(40)37-13-5-2-6-14-39)16-20-9-10-21-7-3-4-8-22(21)15-20/h3-4,7-12,15,17-19,26,39H,2,5-6,13-14,16H2,1H3,(H,37,40). The lowest BCUT2D eigenvalue weighted by molar-refractivity contribution is -0.143. The molecular formula is C30H30F6N2O3. The van der Waals surface area contributed by atoms with Crippen LogP contribution in [0.3, 0.4) is 0 Å². The largest absolute Gasteiger partial charge is 0.416 e. The van der Waals surface area contributed by atoms with Crippen LogP contribution < -0.4 is 5.32 Å². The summed E-state index contributed by atoms with van der Waals surface area (Å²) >= 11 is 0. The zero-order chi connectivity index (χ0) is 30.2. The highest BCUT2D eigenvalue weighted by atomic mass is 19.4. The molecule has 0 aliphatic carbocycles. The molecule has 11 heteroatoms. The molecule has 3 aromatic rings.